The Kier molecular flexibility index (Phi) is 4.55. The van der Waals surface area contributed by atoms with Crippen molar-refractivity contribution >= 4 is 11.7 Å². The van der Waals surface area contributed by atoms with Gasteiger partial charge >= 0.3 is 0 Å². The van der Waals surface area contributed by atoms with Crippen molar-refractivity contribution in [1.82, 2.24) is 5.32 Å². The minimum Gasteiger partial charge on any atom is -0.346 e. The zero-order valence-corrected chi connectivity index (χ0v) is 13.4. The maximum absolute atomic E-state index is 12.4. The zero-order chi connectivity index (χ0) is 14.9. The number of hydrogen-bond donors (Lipinski definition) is 1. The number of amides is 1. The van der Waals surface area contributed by atoms with Crippen molar-refractivity contribution in [1.29, 1.82) is 0 Å². The zero-order valence-electron chi connectivity index (χ0n) is 13.4. The molecule has 114 valence electrons. The molecule has 2 aliphatic rings. The molecule has 1 amide bonds. The second-order valence-corrected chi connectivity index (χ2v) is 7.82. The summed E-state index contributed by atoms with van der Waals surface area (Å²) in [5.74, 6) is 1.67. The first-order chi connectivity index (χ1) is 9.30. The van der Waals surface area contributed by atoms with Gasteiger partial charge in [0.05, 0.1) is 6.04 Å². The Bertz CT molecular complexity index is 377. The smallest absolute Gasteiger partial charge is 0.224 e. The standard InChI is InChI=1S/C17H29NO2/c1-11(19)15(17(2,3)4)18-16(20)14-10-13(14)12-8-6-5-7-9-12/h12-15H,5-10H2,1-4H3,(H,18,20)/t13-,14+,15-/m1/s1. The molecular weight excluding hydrogens is 250 g/mol. The second kappa shape index (κ2) is 5.87. The van der Waals surface area contributed by atoms with Gasteiger partial charge in [0, 0.05) is 5.92 Å². The first-order valence-electron chi connectivity index (χ1n) is 8.11. The molecule has 0 saturated heterocycles. The van der Waals surface area contributed by atoms with Crippen LogP contribution in [-0.2, 0) is 9.59 Å². The van der Waals surface area contributed by atoms with E-state index < -0.39 is 0 Å². The van der Waals surface area contributed by atoms with E-state index in [1.165, 1.54) is 32.1 Å². The van der Waals surface area contributed by atoms with Crippen molar-refractivity contribution in [2.24, 2.45) is 23.2 Å². The Labute approximate surface area is 122 Å². The fourth-order valence-electron chi connectivity index (χ4n) is 3.78. The highest BCUT2D eigenvalue weighted by atomic mass is 16.2. The van der Waals surface area contributed by atoms with Crippen molar-refractivity contribution in [3.63, 3.8) is 0 Å². The van der Waals surface area contributed by atoms with Crippen LogP contribution in [0.15, 0.2) is 0 Å². The van der Waals surface area contributed by atoms with E-state index >= 15 is 0 Å². The van der Waals surface area contributed by atoms with Gasteiger partial charge in [-0.15, -0.1) is 0 Å². The van der Waals surface area contributed by atoms with E-state index in [4.69, 9.17) is 0 Å². The van der Waals surface area contributed by atoms with Crippen LogP contribution in [0.25, 0.3) is 0 Å². The molecule has 0 aliphatic heterocycles. The molecule has 0 heterocycles. The average molecular weight is 279 g/mol. The summed E-state index contributed by atoms with van der Waals surface area (Å²) < 4.78 is 0. The molecule has 2 saturated carbocycles. The van der Waals surface area contributed by atoms with Gasteiger partial charge in [0.1, 0.15) is 0 Å². The fourth-order valence-corrected chi connectivity index (χ4v) is 3.78. The number of carbonyl (C=O) groups is 2. The molecule has 0 unspecified atom stereocenters. The predicted octanol–water partition coefficient (Wildman–Crippen LogP) is 3.32. The summed E-state index contributed by atoms with van der Waals surface area (Å²) in [6.45, 7) is 7.59. The van der Waals surface area contributed by atoms with E-state index in [2.05, 4.69) is 5.32 Å². The largest absolute Gasteiger partial charge is 0.346 e. The molecule has 0 aromatic rings. The summed E-state index contributed by atoms with van der Waals surface area (Å²) in [7, 11) is 0. The third-order valence-corrected chi connectivity index (χ3v) is 4.99. The maximum atomic E-state index is 12.4. The number of nitrogens with one attached hydrogen (secondary N) is 1. The summed E-state index contributed by atoms with van der Waals surface area (Å²) in [4.78, 5) is 24.1. The van der Waals surface area contributed by atoms with Crippen LogP contribution in [0.5, 0.6) is 0 Å². The Balaban J connectivity index is 1.88. The van der Waals surface area contributed by atoms with Crippen LogP contribution >= 0.6 is 0 Å². The summed E-state index contributed by atoms with van der Waals surface area (Å²) in [5.41, 5.74) is -0.212. The Morgan fingerprint density at radius 2 is 1.70 bits per heavy atom. The summed E-state index contributed by atoms with van der Waals surface area (Å²) in [6.07, 6.45) is 7.64. The summed E-state index contributed by atoms with van der Waals surface area (Å²) in [5, 5.41) is 3.00. The van der Waals surface area contributed by atoms with Crippen LogP contribution < -0.4 is 5.32 Å². The van der Waals surface area contributed by atoms with E-state index in [1.54, 1.807) is 6.92 Å². The lowest BCUT2D eigenvalue weighted by atomic mass is 9.83. The van der Waals surface area contributed by atoms with Gasteiger partial charge in [-0.2, -0.15) is 0 Å². The molecule has 3 nitrogen and oxygen atoms in total. The number of carbonyl (C=O) groups excluding carboxylic acids is 2. The summed E-state index contributed by atoms with van der Waals surface area (Å²) >= 11 is 0. The van der Waals surface area contributed by atoms with E-state index in [-0.39, 0.29) is 29.1 Å². The van der Waals surface area contributed by atoms with Crippen LogP contribution in [0.1, 0.15) is 66.2 Å². The molecule has 0 spiro atoms. The first kappa shape index (κ1) is 15.5. The molecule has 2 rings (SSSR count). The van der Waals surface area contributed by atoms with Crippen LogP contribution in [0, 0.1) is 23.2 Å². The Morgan fingerprint density at radius 1 is 1.10 bits per heavy atom. The Hall–Kier alpha value is -0.860. The van der Waals surface area contributed by atoms with E-state index in [0.29, 0.717) is 5.92 Å². The monoisotopic (exact) mass is 279 g/mol. The van der Waals surface area contributed by atoms with Crippen molar-refractivity contribution in [2.45, 2.75) is 72.3 Å². The normalized spacial score (nSPS) is 28.8. The van der Waals surface area contributed by atoms with Gasteiger partial charge in [-0.25, -0.2) is 0 Å². The molecular formula is C17H29NO2. The number of rotatable bonds is 4. The van der Waals surface area contributed by atoms with Crippen LogP contribution in [0.3, 0.4) is 0 Å². The Morgan fingerprint density at radius 3 is 2.20 bits per heavy atom. The lowest BCUT2D eigenvalue weighted by Gasteiger charge is -2.29. The quantitative estimate of drug-likeness (QED) is 0.858. The molecule has 1 N–H and O–H groups in total. The van der Waals surface area contributed by atoms with Crippen LogP contribution in [-0.4, -0.2) is 17.7 Å². The maximum Gasteiger partial charge on any atom is 0.224 e. The van der Waals surface area contributed by atoms with E-state index in [1.807, 2.05) is 20.8 Å². The second-order valence-electron chi connectivity index (χ2n) is 7.82. The topological polar surface area (TPSA) is 46.2 Å². The minimum absolute atomic E-state index is 0.0562. The highest BCUT2D eigenvalue weighted by molar-refractivity contribution is 5.90. The average Bonchev–Trinajstić information content (AvgIpc) is 3.15. The molecule has 20 heavy (non-hydrogen) atoms. The van der Waals surface area contributed by atoms with Crippen LogP contribution in [0.2, 0.25) is 0 Å². The van der Waals surface area contributed by atoms with E-state index in [9.17, 15) is 9.59 Å². The van der Waals surface area contributed by atoms with Crippen molar-refractivity contribution in [3.05, 3.63) is 0 Å². The third kappa shape index (κ3) is 3.62. The SMILES string of the molecule is CC(=O)[C@@H](NC(=O)[C@H]1C[C@@H]1C1CCCCC1)C(C)(C)C. The third-order valence-electron chi connectivity index (χ3n) is 4.99. The van der Waals surface area contributed by atoms with Gasteiger partial charge in [-0.3, -0.25) is 9.59 Å². The fraction of sp³-hybridized carbons (Fsp3) is 0.882. The van der Waals surface area contributed by atoms with Crippen molar-refractivity contribution in [3.8, 4) is 0 Å². The van der Waals surface area contributed by atoms with Gasteiger partial charge in [0.2, 0.25) is 5.91 Å². The molecule has 0 bridgehead atoms. The van der Waals surface area contributed by atoms with Crippen LogP contribution in [0.4, 0.5) is 0 Å². The highest BCUT2D eigenvalue weighted by Gasteiger charge is 2.48. The molecule has 2 fully saturated rings. The molecule has 2 aliphatic carbocycles. The predicted molar refractivity (Wildman–Crippen MR) is 80.2 cm³/mol. The minimum atomic E-state index is -0.359. The molecule has 0 aromatic heterocycles. The first-order valence-corrected chi connectivity index (χ1v) is 8.11. The molecule has 0 radical (unpaired) electrons. The van der Waals surface area contributed by atoms with Gasteiger partial charge in [0.25, 0.3) is 0 Å². The molecule has 3 atom stereocenters. The molecule has 0 aromatic carbocycles. The lowest BCUT2D eigenvalue weighted by molar-refractivity contribution is -0.130. The molecule has 3 heteroatoms. The lowest BCUT2D eigenvalue weighted by Crippen LogP contribution is -2.49. The van der Waals surface area contributed by atoms with Gasteiger partial charge < -0.3 is 5.32 Å². The highest BCUT2D eigenvalue weighted by Crippen LogP contribution is 2.49. The number of Topliss-reactive ketones (excluding diaryl/α,β-unsaturated/α-hetero) is 1. The van der Waals surface area contributed by atoms with E-state index in [0.717, 1.165) is 12.3 Å². The number of ketones is 1. The number of hydrogen-bond acceptors (Lipinski definition) is 2. The van der Waals surface area contributed by atoms with Gasteiger partial charge in [-0.1, -0.05) is 52.9 Å². The van der Waals surface area contributed by atoms with Crippen molar-refractivity contribution < 1.29 is 9.59 Å². The summed E-state index contributed by atoms with van der Waals surface area (Å²) in [6, 6.07) is -0.359. The van der Waals surface area contributed by atoms with Gasteiger partial charge in [-0.05, 0) is 30.6 Å². The van der Waals surface area contributed by atoms with Crippen molar-refractivity contribution in [2.75, 3.05) is 0 Å². The van der Waals surface area contributed by atoms with Gasteiger partial charge in [0.15, 0.2) is 5.78 Å².